The molecule has 0 radical (unpaired) electrons. The predicted molar refractivity (Wildman–Crippen MR) is 199 cm³/mol. The van der Waals surface area contributed by atoms with E-state index in [1.54, 1.807) is 7.11 Å². The van der Waals surface area contributed by atoms with E-state index in [0.717, 1.165) is 11.5 Å². The molecule has 234 valence electrons. The molecule has 0 fully saturated rings. The van der Waals surface area contributed by atoms with Crippen LogP contribution in [0.1, 0.15) is 54.1 Å². The molecule has 0 atom stereocenters. The third kappa shape index (κ3) is 5.52. The smallest absolute Gasteiger partial charge is 0.123 e. The van der Waals surface area contributed by atoms with E-state index in [9.17, 15) is 0 Å². The fourth-order valence-corrected chi connectivity index (χ4v) is 11.0. The number of ether oxygens (including phenoxy) is 2. The van der Waals surface area contributed by atoms with Crippen LogP contribution in [0.25, 0.3) is 33.4 Å². The molecule has 1 aliphatic rings. The van der Waals surface area contributed by atoms with Crippen LogP contribution in [0, 0.1) is 13.8 Å². The summed E-state index contributed by atoms with van der Waals surface area (Å²) in [7, 11) is -0.644. The first-order valence-electron chi connectivity index (χ1n) is 16.3. The van der Waals surface area contributed by atoms with E-state index in [2.05, 4.69) is 151 Å². The fourth-order valence-electron chi connectivity index (χ4n) is 7.38. The number of rotatable bonds is 8. The average Bonchev–Trinajstić information content (AvgIpc) is 3.37. The molecule has 5 aromatic carbocycles. The third-order valence-electron chi connectivity index (χ3n) is 9.80. The summed E-state index contributed by atoms with van der Waals surface area (Å²) in [6.07, 6.45) is 1.85. The van der Waals surface area contributed by atoms with Crippen LogP contribution >= 0.6 is 0 Å². The van der Waals surface area contributed by atoms with Crippen LogP contribution in [0.15, 0.2) is 110 Å². The van der Waals surface area contributed by atoms with Gasteiger partial charge in [0.05, 0.1) is 15.2 Å². The fraction of sp³-hybridized carbons (Fsp3) is 0.256. The summed E-state index contributed by atoms with van der Waals surface area (Å²) in [6, 6.07) is 36.1. The summed E-state index contributed by atoms with van der Waals surface area (Å²) in [4.78, 5) is 0. The molecule has 2 nitrogen and oxygen atoms in total. The summed E-state index contributed by atoms with van der Waals surface area (Å²) >= 11 is 0. The highest BCUT2D eigenvalue weighted by molar-refractivity contribution is 6.92. The first-order chi connectivity index (χ1) is 22.0. The van der Waals surface area contributed by atoms with Crippen molar-refractivity contribution in [3.63, 3.8) is 0 Å². The molecular formula is C43H46O2Si. The largest absolute Gasteiger partial charge is 0.497 e. The van der Waals surface area contributed by atoms with Crippen molar-refractivity contribution in [2.75, 3.05) is 13.7 Å². The van der Waals surface area contributed by atoms with Gasteiger partial charge in [-0.15, -0.1) is 0 Å². The average molecular weight is 623 g/mol. The van der Waals surface area contributed by atoms with Crippen LogP contribution in [0.4, 0.5) is 0 Å². The Kier molecular flexibility index (Phi) is 8.33. The van der Waals surface area contributed by atoms with Crippen LogP contribution in [0.5, 0.6) is 11.5 Å². The Morgan fingerprint density at radius 2 is 1.24 bits per heavy atom. The summed E-state index contributed by atoms with van der Waals surface area (Å²) < 4.78 is 12.6. The first-order valence-corrected chi connectivity index (χ1v) is 19.4. The minimum atomic E-state index is -2.42. The van der Waals surface area contributed by atoms with Crippen LogP contribution in [0.2, 0.25) is 13.1 Å². The molecule has 46 heavy (non-hydrogen) atoms. The lowest BCUT2D eigenvalue weighted by atomic mass is 9.86. The molecule has 0 N–H and O–H groups in total. The lowest BCUT2D eigenvalue weighted by molar-refractivity contribution is 0.351. The highest BCUT2D eigenvalue weighted by Gasteiger charge is 2.45. The van der Waals surface area contributed by atoms with Crippen LogP contribution in [0.3, 0.4) is 0 Å². The minimum Gasteiger partial charge on any atom is -0.497 e. The maximum atomic E-state index is 6.64. The Hall–Kier alpha value is -4.34. The molecule has 0 aromatic heterocycles. The van der Waals surface area contributed by atoms with E-state index < -0.39 is 8.07 Å². The van der Waals surface area contributed by atoms with Gasteiger partial charge in [0.25, 0.3) is 0 Å². The Balaban J connectivity index is 1.64. The zero-order valence-corrected chi connectivity index (χ0v) is 29.6. The summed E-state index contributed by atoms with van der Waals surface area (Å²) in [5, 5.41) is 1.28. The number of benzene rings is 5. The molecule has 0 amide bonds. The van der Waals surface area contributed by atoms with E-state index in [1.165, 1.54) is 66.4 Å². The zero-order valence-electron chi connectivity index (χ0n) is 28.6. The maximum absolute atomic E-state index is 6.64. The molecule has 0 saturated carbocycles. The van der Waals surface area contributed by atoms with E-state index in [1.807, 2.05) is 6.08 Å². The van der Waals surface area contributed by atoms with Gasteiger partial charge in [0.1, 0.15) is 18.1 Å². The molecule has 3 heteroatoms. The van der Waals surface area contributed by atoms with Gasteiger partial charge in [-0.05, 0) is 92.2 Å². The number of hydrogen-bond acceptors (Lipinski definition) is 2. The molecule has 0 heterocycles. The molecule has 0 bridgehead atoms. The van der Waals surface area contributed by atoms with Gasteiger partial charge in [0, 0.05) is 11.1 Å². The van der Waals surface area contributed by atoms with E-state index in [4.69, 9.17) is 9.47 Å². The van der Waals surface area contributed by atoms with Gasteiger partial charge in [-0.25, -0.2) is 0 Å². The van der Waals surface area contributed by atoms with Crippen molar-refractivity contribution in [3.8, 4) is 44.9 Å². The molecule has 6 rings (SSSR count). The number of methoxy groups -OCH3 is 1. The second kappa shape index (κ2) is 12.1. The highest BCUT2D eigenvalue weighted by Crippen LogP contribution is 2.52. The monoisotopic (exact) mass is 622 g/mol. The predicted octanol–water partition coefficient (Wildman–Crippen LogP) is 10.8. The lowest BCUT2D eigenvalue weighted by Crippen LogP contribution is -2.49. The van der Waals surface area contributed by atoms with Gasteiger partial charge in [-0.1, -0.05) is 131 Å². The number of hydrogen-bond donors (Lipinski definition) is 0. The topological polar surface area (TPSA) is 18.5 Å². The van der Waals surface area contributed by atoms with Gasteiger partial charge in [-0.3, -0.25) is 0 Å². The summed E-state index contributed by atoms with van der Waals surface area (Å²) in [5.41, 5.74) is 14.4. The van der Waals surface area contributed by atoms with Crippen molar-refractivity contribution >= 4 is 13.3 Å². The summed E-state index contributed by atoms with van der Waals surface area (Å²) in [6.45, 7) is 20.6. The SMILES string of the molecule is C=CCOc1c(C(C)(C)C)cc(OC)cc1[Si](C)(C)C1c2cc(-c3ccccc3C)ccc2-c2ccc(-c3ccccc3C)cc21. The summed E-state index contributed by atoms with van der Waals surface area (Å²) in [5.74, 6) is 1.87. The Labute approximate surface area is 276 Å². The van der Waals surface area contributed by atoms with Crippen molar-refractivity contribution in [3.05, 3.63) is 138 Å². The van der Waals surface area contributed by atoms with Crippen LogP contribution in [-0.2, 0) is 5.41 Å². The molecular weight excluding hydrogens is 577 g/mol. The second-order valence-electron chi connectivity index (χ2n) is 14.3. The van der Waals surface area contributed by atoms with Crippen LogP contribution in [-0.4, -0.2) is 21.8 Å². The Morgan fingerprint density at radius 1 is 0.717 bits per heavy atom. The van der Waals surface area contributed by atoms with E-state index in [0.29, 0.717) is 6.61 Å². The molecule has 0 unspecified atom stereocenters. The zero-order chi connectivity index (χ0) is 32.8. The molecule has 0 saturated heterocycles. The first kappa shape index (κ1) is 31.6. The normalized spacial score (nSPS) is 12.9. The van der Waals surface area contributed by atoms with Crippen molar-refractivity contribution in [2.24, 2.45) is 0 Å². The van der Waals surface area contributed by atoms with Gasteiger partial charge in [-0.2, -0.15) is 0 Å². The lowest BCUT2D eigenvalue weighted by Gasteiger charge is -2.36. The highest BCUT2D eigenvalue weighted by atomic mass is 28.3. The second-order valence-corrected chi connectivity index (χ2v) is 18.8. The molecule has 0 aliphatic heterocycles. The Morgan fingerprint density at radius 3 is 1.70 bits per heavy atom. The van der Waals surface area contributed by atoms with Crippen molar-refractivity contribution in [1.82, 2.24) is 0 Å². The molecule has 0 spiro atoms. The van der Waals surface area contributed by atoms with Crippen molar-refractivity contribution in [2.45, 2.75) is 58.7 Å². The van der Waals surface area contributed by atoms with Crippen LogP contribution < -0.4 is 14.7 Å². The number of fused-ring (bicyclic) bond motifs is 3. The van der Waals surface area contributed by atoms with Crippen molar-refractivity contribution in [1.29, 1.82) is 0 Å². The minimum absolute atomic E-state index is 0.133. The van der Waals surface area contributed by atoms with E-state index in [-0.39, 0.29) is 11.0 Å². The quantitative estimate of drug-likeness (QED) is 0.127. The van der Waals surface area contributed by atoms with Gasteiger partial charge < -0.3 is 9.47 Å². The van der Waals surface area contributed by atoms with E-state index >= 15 is 0 Å². The standard InChI is InChI=1S/C43H46O2Si/c1-10-23-45-41-39(43(4,5)6)26-32(44-7)27-40(41)46(8,9)42-37-24-30(33-17-13-11-15-28(33)2)19-21-35(37)36-22-20-31(25-38(36)42)34-18-14-12-16-29(34)3/h10-22,24-27,42H,1,23H2,2-9H3. The molecule has 5 aromatic rings. The van der Waals surface area contributed by atoms with Crippen molar-refractivity contribution < 1.29 is 9.47 Å². The number of aryl methyl sites for hydroxylation is 2. The van der Waals surface area contributed by atoms with Gasteiger partial charge >= 0.3 is 0 Å². The Bertz CT molecular complexity index is 1850. The molecule has 1 aliphatic carbocycles. The third-order valence-corrected chi connectivity index (χ3v) is 13.6. The van der Waals surface area contributed by atoms with Gasteiger partial charge in [0.15, 0.2) is 0 Å². The van der Waals surface area contributed by atoms with Gasteiger partial charge in [0.2, 0.25) is 0 Å². The maximum Gasteiger partial charge on any atom is 0.123 e.